The highest BCUT2D eigenvalue weighted by atomic mass is 16.6. The zero-order valence-corrected chi connectivity index (χ0v) is 13.7. The normalized spacial score (nSPS) is 11.0. The second kappa shape index (κ2) is 6.96. The van der Waals surface area contributed by atoms with Crippen molar-refractivity contribution in [3.8, 4) is 11.5 Å². The minimum Gasteiger partial charge on any atom is -0.493 e. The first-order chi connectivity index (χ1) is 12.1. The predicted octanol–water partition coefficient (Wildman–Crippen LogP) is 2.72. The number of rotatable bonds is 4. The van der Waals surface area contributed by atoms with Gasteiger partial charge in [-0.25, -0.2) is 0 Å². The Morgan fingerprint density at radius 3 is 2.68 bits per heavy atom. The lowest BCUT2D eigenvalue weighted by atomic mass is 10.2. The summed E-state index contributed by atoms with van der Waals surface area (Å²) >= 11 is 0. The predicted molar refractivity (Wildman–Crippen MR) is 91.5 cm³/mol. The summed E-state index contributed by atoms with van der Waals surface area (Å²) in [4.78, 5) is 23.4. The summed E-state index contributed by atoms with van der Waals surface area (Å²) in [7, 11) is 1.47. The molecule has 0 atom stereocenters. The van der Waals surface area contributed by atoms with Crippen molar-refractivity contribution in [3.63, 3.8) is 0 Å². The maximum Gasteiger partial charge on any atom is 0.308 e. The van der Waals surface area contributed by atoms with E-state index in [1.54, 1.807) is 36.4 Å². The third-order valence-corrected chi connectivity index (χ3v) is 3.42. The zero-order chi connectivity index (χ0) is 17.8. The van der Waals surface area contributed by atoms with Crippen LogP contribution in [-0.2, 0) is 4.79 Å². The van der Waals surface area contributed by atoms with Gasteiger partial charge >= 0.3 is 5.97 Å². The van der Waals surface area contributed by atoms with Crippen molar-refractivity contribution in [1.82, 2.24) is 15.0 Å². The van der Waals surface area contributed by atoms with Crippen molar-refractivity contribution in [2.75, 3.05) is 7.11 Å². The number of hydrogen-bond acceptors (Lipinski definition) is 6. The van der Waals surface area contributed by atoms with E-state index in [2.05, 4.69) is 10.3 Å². The molecule has 2 aromatic carbocycles. The molecule has 1 heterocycles. The van der Waals surface area contributed by atoms with Crippen LogP contribution < -0.4 is 9.47 Å². The summed E-state index contributed by atoms with van der Waals surface area (Å²) in [5.74, 6) is -0.0386. The average molecular weight is 337 g/mol. The van der Waals surface area contributed by atoms with Gasteiger partial charge in [-0.2, -0.15) is 4.68 Å². The molecule has 0 bridgehead atoms. The maximum atomic E-state index is 12.3. The Balaban J connectivity index is 1.84. The summed E-state index contributed by atoms with van der Waals surface area (Å²) in [5, 5.41) is 7.82. The first-order valence-corrected chi connectivity index (χ1v) is 7.48. The maximum absolute atomic E-state index is 12.3. The standard InChI is InChI=1S/C18H15N3O4/c1-12(22)25-16-9-7-13(11-17(16)24-2)8-10-18(23)21-15-6-4-3-5-14(15)19-20-21/h3-11H,1-2H3. The van der Waals surface area contributed by atoms with E-state index in [-0.39, 0.29) is 5.91 Å². The fourth-order valence-electron chi connectivity index (χ4n) is 2.30. The van der Waals surface area contributed by atoms with Crippen LogP contribution in [-0.4, -0.2) is 34.0 Å². The van der Waals surface area contributed by atoms with Crippen molar-refractivity contribution in [1.29, 1.82) is 0 Å². The smallest absolute Gasteiger partial charge is 0.308 e. The molecule has 0 saturated carbocycles. The van der Waals surface area contributed by atoms with Crippen LogP contribution in [0.2, 0.25) is 0 Å². The van der Waals surface area contributed by atoms with E-state index in [1.165, 1.54) is 24.8 Å². The number of ether oxygens (including phenoxy) is 2. The highest BCUT2D eigenvalue weighted by Gasteiger charge is 2.10. The van der Waals surface area contributed by atoms with Crippen molar-refractivity contribution >= 4 is 29.0 Å². The van der Waals surface area contributed by atoms with E-state index in [4.69, 9.17) is 9.47 Å². The molecule has 7 heteroatoms. The second-order valence-electron chi connectivity index (χ2n) is 5.17. The Labute approximate surface area is 143 Å². The molecule has 0 spiro atoms. The molecular formula is C18H15N3O4. The van der Waals surface area contributed by atoms with E-state index >= 15 is 0 Å². The van der Waals surface area contributed by atoms with Crippen LogP contribution in [0.4, 0.5) is 0 Å². The van der Waals surface area contributed by atoms with Gasteiger partial charge in [-0.1, -0.05) is 23.4 Å². The Morgan fingerprint density at radius 1 is 1.12 bits per heavy atom. The number of fused-ring (bicyclic) bond motifs is 1. The summed E-state index contributed by atoms with van der Waals surface area (Å²) in [6, 6.07) is 12.2. The van der Waals surface area contributed by atoms with Crippen LogP contribution >= 0.6 is 0 Å². The fourth-order valence-corrected chi connectivity index (χ4v) is 2.30. The summed E-state index contributed by atoms with van der Waals surface area (Å²) in [6.45, 7) is 1.31. The lowest BCUT2D eigenvalue weighted by molar-refractivity contribution is -0.132. The largest absolute Gasteiger partial charge is 0.493 e. The molecule has 126 valence electrons. The highest BCUT2D eigenvalue weighted by Crippen LogP contribution is 2.28. The van der Waals surface area contributed by atoms with Gasteiger partial charge in [0.15, 0.2) is 11.5 Å². The number of esters is 1. The van der Waals surface area contributed by atoms with E-state index in [0.29, 0.717) is 28.1 Å². The molecule has 0 fully saturated rings. The molecule has 0 amide bonds. The molecule has 0 saturated heterocycles. The molecule has 0 aliphatic carbocycles. The topological polar surface area (TPSA) is 83.3 Å². The number of hydrogen-bond donors (Lipinski definition) is 0. The van der Waals surface area contributed by atoms with Crippen LogP contribution in [0.1, 0.15) is 17.3 Å². The van der Waals surface area contributed by atoms with Gasteiger partial charge in [0.05, 0.1) is 12.6 Å². The third-order valence-electron chi connectivity index (χ3n) is 3.42. The third kappa shape index (κ3) is 3.55. The molecule has 7 nitrogen and oxygen atoms in total. The number of carbonyl (C=O) groups is 2. The number of carbonyl (C=O) groups excluding carboxylic acids is 2. The van der Waals surface area contributed by atoms with Crippen molar-refractivity contribution in [2.24, 2.45) is 0 Å². The summed E-state index contributed by atoms with van der Waals surface area (Å²) in [5.41, 5.74) is 2.00. The van der Waals surface area contributed by atoms with Crippen LogP contribution in [0.25, 0.3) is 17.1 Å². The van der Waals surface area contributed by atoms with E-state index in [9.17, 15) is 9.59 Å². The number of methoxy groups -OCH3 is 1. The minimum atomic E-state index is -0.435. The van der Waals surface area contributed by atoms with Gasteiger partial charge in [0.1, 0.15) is 5.52 Å². The Hall–Kier alpha value is -3.48. The van der Waals surface area contributed by atoms with Crippen LogP contribution in [0.15, 0.2) is 48.5 Å². The number of benzene rings is 2. The van der Waals surface area contributed by atoms with Gasteiger partial charge in [-0.05, 0) is 35.9 Å². The summed E-state index contributed by atoms with van der Waals surface area (Å²) < 4.78 is 11.5. The molecule has 3 aromatic rings. The number of allylic oxidation sites excluding steroid dienone is 1. The lowest BCUT2D eigenvalue weighted by Crippen LogP contribution is -2.08. The molecule has 0 radical (unpaired) electrons. The number of para-hydroxylation sites is 1. The Kier molecular flexibility index (Phi) is 4.56. The van der Waals surface area contributed by atoms with Gasteiger partial charge in [0.25, 0.3) is 5.91 Å². The van der Waals surface area contributed by atoms with Crippen molar-refractivity contribution in [2.45, 2.75) is 6.92 Å². The Morgan fingerprint density at radius 2 is 1.92 bits per heavy atom. The van der Waals surface area contributed by atoms with Gasteiger partial charge in [-0.3, -0.25) is 9.59 Å². The van der Waals surface area contributed by atoms with Crippen LogP contribution in [0.5, 0.6) is 11.5 Å². The van der Waals surface area contributed by atoms with Crippen LogP contribution in [0, 0.1) is 0 Å². The first kappa shape index (κ1) is 16.4. The molecule has 0 aliphatic rings. The lowest BCUT2D eigenvalue weighted by Gasteiger charge is -2.08. The molecule has 0 N–H and O–H groups in total. The van der Waals surface area contributed by atoms with Crippen LogP contribution in [0.3, 0.4) is 0 Å². The van der Waals surface area contributed by atoms with Gasteiger partial charge < -0.3 is 9.47 Å². The number of nitrogens with zero attached hydrogens (tertiary/aromatic N) is 3. The van der Waals surface area contributed by atoms with Gasteiger partial charge in [-0.15, -0.1) is 5.10 Å². The molecular weight excluding hydrogens is 322 g/mol. The quantitative estimate of drug-likeness (QED) is 0.413. The average Bonchev–Trinajstić information content (AvgIpc) is 3.04. The monoisotopic (exact) mass is 337 g/mol. The fraction of sp³-hybridized carbons (Fsp3) is 0.111. The second-order valence-corrected chi connectivity index (χ2v) is 5.17. The summed E-state index contributed by atoms with van der Waals surface area (Å²) in [6.07, 6.45) is 3.01. The van der Waals surface area contributed by atoms with E-state index in [0.717, 1.165) is 0 Å². The zero-order valence-electron chi connectivity index (χ0n) is 13.7. The molecule has 1 aromatic heterocycles. The Bertz CT molecular complexity index is 975. The first-order valence-electron chi connectivity index (χ1n) is 7.48. The number of aromatic nitrogens is 3. The van der Waals surface area contributed by atoms with E-state index < -0.39 is 5.97 Å². The van der Waals surface area contributed by atoms with Gasteiger partial charge in [0, 0.05) is 13.0 Å². The van der Waals surface area contributed by atoms with Gasteiger partial charge in [0.2, 0.25) is 0 Å². The van der Waals surface area contributed by atoms with Crippen molar-refractivity contribution in [3.05, 3.63) is 54.1 Å². The molecule has 3 rings (SSSR count). The molecule has 25 heavy (non-hydrogen) atoms. The highest BCUT2D eigenvalue weighted by molar-refractivity contribution is 5.98. The van der Waals surface area contributed by atoms with Crippen molar-refractivity contribution < 1.29 is 19.1 Å². The molecule has 0 aliphatic heterocycles. The molecule has 0 unspecified atom stereocenters. The SMILES string of the molecule is COc1cc(C=CC(=O)n2nnc3ccccc32)ccc1OC(C)=O. The van der Waals surface area contributed by atoms with E-state index in [1.807, 2.05) is 12.1 Å². The minimum absolute atomic E-state index is 0.320.